The molecule has 0 bridgehead atoms. The van der Waals surface area contributed by atoms with Crippen LogP contribution >= 0.6 is 0 Å². The predicted octanol–water partition coefficient (Wildman–Crippen LogP) is 4.66. The van der Waals surface area contributed by atoms with E-state index in [4.69, 9.17) is 9.84 Å². The molecule has 0 saturated heterocycles. The van der Waals surface area contributed by atoms with Crippen LogP contribution in [-0.2, 0) is 14.3 Å². The van der Waals surface area contributed by atoms with Crippen molar-refractivity contribution in [3.05, 3.63) is 23.8 Å². The summed E-state index contributed by atoms with van der Waals surface area (Å²) < 4.78 is 44.7. The Balaban J connectivity index is 2.81. The van der Waals surface area contributed by atoms with Crippen LogP contribution < -0.4 is 0 Å². The van der Waals surface area contributed by atoms with Gasteiger partial charge in [-0.1, -0.05) is 19.6 Å². The number of carbonyl (C=O) groups is 2. The van der Waals surface area contributed by atoms with Crippen molar-refractivity contribution in [3.63, 3.8) is 0 Å². The molecule has 0 atom stereocenters. The van der Waals surface area contributed by atoms with Gasteiger partial charge in [-0.05, 0) is 50.4 Å². The number of hydrogen-bond donors (Lipinski definition) is 1. The third-order valence-electron chi connectivity index (χ3n) is 4.78. The largest absolute Gasteiger partial charge is 0.478 e. The highest BCUT2D eigenvalue weighted by Crippen LogP contribution is 2.45. The lowest BCUT2D eigenvalue weighted by Gasteiger charge is -2.37. The summed E-state index contributed by atoms with van der Waals surface area (Å²) >= 11 is 0. The van der Waals surface area contributed by atoms with Crippen LogP contribution in [0.3, 0.4) is 0 Å². The zero-order valence-electron chi connectivity index (χ0n) is 14.6. The van der Waals surface area contributed by atoms with Crippen molar-refractivity contribution in [3.8, 4) is 0 Å². The van der Waals surface area contributed by atoms with E-state index in [0.717, 1.165) is 6.08 Å². The van der Waals surface area contributed by atoms with E-state index in [1.54, 1.807) is 6.92 Å². The fourth-order valence-corrected chi connectivity index (χ4v) is 3.32. The fourth-order valence-electron chi connectivity index (χ4n) is 3.32. The van der Waals surface area contributed by atoms with Crippen molar-refractivity contribution < 1.29 is 32.6 Å². The molecule has 0 aromatic heterocycles. The maximum absolute atomic E-state index is 13.3. The maximum Gasteiger partial charge on any atom is 0.413 e. The summed E-state index contributed by atoms with van der Waals surface area (Å²) in [5, 5.41) is 8.99. The Kier molecular flexibility index (Phi) is 7.26. The minimum absolute atomic E-state index is 0.253. The zero-order chi connectivity index (χ0) is 19.3. The van der Waals surface area contributed by atoms with Crippen LogP contribution in [0.1, 0.15) is 52.4 Å². The first-order valence-corrected chi connectivity index (χ1v) is 8.34. The highest BCUT2D eigenvalue weighted by molar-refractivity contribution is 5.90. The van der Waals surface area contributed by atoms with Crippen molar-refractivity contribution >= 4 is 11.9 Å². The molecule has 0 unspecified atom stereocenters. The van der Waals surface area contributed by atoms with Crippen molar-refractivity contribution in [2.45, 2.75) is 58.5 Å². The molecule has 1 aliphatic rings. The van der Waals surface area contributed by atoms with Crippen molar-refractivity contribution in [2.24, 2.45) is 11.3 Å². The van der Waals surface area contributed by atoms with Gasteiger partial charge in [0.05, 0.1) is 18.6 Å². The van der Waals surface area contributed by atoms with Gasteiger partial charge in [-0.25, -0.2) is 4.79 Å². The van der Waals surface area contributed by atoms with E-state index < -0.39 is 23.3 Å². The van der Waals surface area contributed by atoms with Gasteiger partial charge in [0, 0.05) is 5.57 Å². The molecule has 1 rings (SSSR count). The Morgan fingerprint density at radius 2 is 1.88 bits per heavy atom. The average Bonchev–Trinajstić information content (AvgIpc) is 2.47. The summed E-state index contributed by atoms with van der Waals surface area (Å²) in [5.74, 6) is -2.18. The molecule has 4 nitrogen and oxygen atoms in total. The van der Waals surface area contributed by atoms with Crippen LogP contribution in [0.15, 0.2) is 23.8 Å². The fraction of sp³-hybridized carbons (Fsp3) is 0.667. The topological polar surface area (TPSA) is 63.6 Å². The highest BCUT2D eigenvalue weighted by Gasteiger charge is 2.40. The molecule has 0 spiro atoms. The number of rotatable bonds is 7. The normalized spacial score (nSPS) is 25.1. The first-order valence-electron chi connectivity index (χ1n) is 8.34. The van der Waals surface area contributed by atoms with E-state index in [1.807, 2.05) is 6.92 Å². The first-order chi connectivity index (χ1) is 11.5. The van der Waals surface area contributed by atoms with E-state index >= 15 is 0 Å². The van der Waals surface area contributed by atoms with Crippen LogP contribution in [-0.4, -0.2) is 29.8 Å². The maximum atomic E-state index is 13.3. The molecule has 1 saturated carbocycles. The Labute approximate surface area is 145 Å². The van der Waals surface area contributed by atoms with E-state index in [2.05, 4.69) is 6.58 Å². The monoisotopic (exact) mass is 362 g/mol. The molecular weight excluding hydrogens is 337 g/mol. The van der Waals surface area contributed by atoms with Crippen LogP contribution in [0.5, 0.6) is 0 Å². The molecule has 0 heterocycles. The molecule has 7 heteroatoms. The molecule has 1 fully saturated rings. The van der Waals surface area contributed by atoms with E-state index in [-0.39, 0.29) is 30.1 Å². The van der Waals surface area contributed by atoms with Crippen LogP contribution in [0.4, 0.5) is 13.2 Å². The standard InChI is InChI=1S/C18H25F3O4/c1-4-13(16(23)24)14(18(19,20)21)10-12-6-8-17(3,9-7-12)11-15(22)25-5-2/h4,12H,1,5-11H2,2-3H3,(H,23,24). The molecule has 142 valence electrons. The summed E-state index contributed by atoms with van der Waals surface area (Å²) in [7, 11) is 0. The number of hydrogen-bond acceptors (Lipinski definition) is 3. The molecule has 1 aliphatic carbocycles. The number of allylic oxidation sites excluding steroid dienone is 1. The van der Waals surface area contributed by atoms with E-state index in [9.17, 15) is 22.8 Å². The van der Waals surface area contributed by atoms with Gasteiger partial charge < -0.3 is 9.84 Å². The van der Waals surface area contributed by atoms with E-state index in [0.29, 0.717) is 32.3 Å². The zero-order valence-corrected chi connectivity index (χ0v) is 14.6. The third kappa shape index (κ3) is 6.21. The van der Waals surface area contributed by atoms with Gasteiger partial charge in [0.2, 0.25) is 0 Å². The lowest BCUT2D eigenvalue weighted by Crippen LogP contribution is -2.29. The highest BCUT2D eigenvalue weighted by atomic mass is 19.4. The summed E-state index contributed by atoms with van der Waals surface area (Å²) in [5.41, 5.74) is -2.10. The Bertz CT molecular complexity index is 541. The average molecular weight is 362 g/mol. The minimum atomic E-state index is -4.70. The second kappa shape index (κ2) is 8.54. The number of aliphatic carboxylic acids is 1. The Morgan fingerprint density at radius 1 is 1.32 bits per heavy atom. The number of alkyl halides is 3. The number of carboxylic acids is 1. The molecule has 25 heavy (non-hydrogen) atoms. The van der Waals surface area contributed by atoms with Gasteiger partial charge in [-0.3, -0.25) is 4.79 Å². The predicted molar refractivity (Wildman–Crippen MR) is 86.8 cm³/mol. The summed E-state index contributed by atoms with van der Waals surface area (Å²) in [6.45, 7) is 7.16. The van der Waals surface area contributed by atoms with Crippen molar-refractivity contribution in [1.82, 2.24) is 0 Å². The van der Waals surface area contributed by atoms with Gasteiger partial charge in [0.15, 0.2) is 0 Å². The third-order valence-corrected chi connectivity index (χ3v) is 4.78. The smallest absolute Gasteiger partial charge is 0.413 e. The van der Waals surface area contributed by atoms with Gasteiger partial charge in [-0.15, -0.1) is 0 Å². The number of carboxylic acid groups (broad SMARTS) is 1. The van der Waals surface area contributed by atoms with Gasteiger partial charge in [0.25, 0.3) is 0 Å². The Hall–Kier alpha value is -1.79. The van der Waals surface area contributed by atoms with Crippen LogP contribution in [0.2, 0.25) is 0 Å². The quantitative estimate of drug-likeness (QED) is 0.407. The van der Waals surface area contributed by atoms with Gasteiger partial charge >= 0.3 is 18.1 Å². The summed E-state index contributed by atoms with van der Waals surface area (Å²) in [6, 6.07) is 0. The van der Waals surface area contributed by atoms with Gasteiger partial charge in [0.1, 0.15) is 0 Å². The number of carbonyl (C=O) groups excluding carboxylic acids is 1. The summed E-state index contributed by atoms with van der Waals surface area (Å²) in [6.07, 6.45) is -1.79. The van der Waals surface area contributed by atoms with Crippen LogP contribution in [0, 0.1) is 11.3 Å². The number of ether oxygens (including phenoxy) is 1. The van der Waals surface area contributed by atoms with Crippen molar-refractivity contribution in [2.75, 3.05) is 6.61 Å². The molecule has 0 aromatic rings. The minimum Gasteiger partial charge on any atom is -0.478 e. The Morgan fingerprint density at radius 3 is 2.28 bits per heavy atom. The molecule has 1 N–H and O–H groups in total. The number of esters is 1. The molecular formula is C18H25F3O4. The van der Waals surface area contributed by atoms with Gasteiger partial charge in [-0.2, -0.15) is 13.2 Å². The molecule has 0 aliphatic heterocycles. The van der Waals surface area contributed by atoms with Crippen LogP contribution in [0.25, 0.3) is 0 Å². The lowest BCUT2D eigenvalue weighted by molar-refractivity contribution is -0.146. The summed E-state index contributed by atoms with van der Waals surface area (Å²) in [4.78, 5) is 22.7. The second-order valence-corrected chi connectivity index (χ2v) is 6.84. The first kappa shape index (κ1) is 21.3. The van der Waals surface area contributed by atoms with E-state index in [1.165, 1.54) is 0 Å². The SMILES string of the molecule is C=CC(C(=O)O)=C(CC1CCC(C)(CC(=O)OCC)CC1)C(F)(F)F. The lowest BCUT2D eigenvalue weighted by atomic mass is 9.68. The van der Waals surface area contributed by atoms with Crippen molar-refractivity contribution in [1.29, 1.82) is 0 Å². The molecule has 0 amide bonds. The second-order valence-electron chi connectivity index (χ2n) is 6.84. The number of halogens is 3. The molecule has 0 aromatic carbocycles. The molecule has 0 radical (unpaired) electrons.